The number of piperidine rings is 1. The predicted molar refractivity (Wildman–Crippen MR) is 63.6 cm³/mol. The molecule has 1 unspecified atom stereocenters. The molecule has 1 saturated heterocycles. The maximum Gasteiger partial charge on any atom is 0.316 e. The Morgan fingerprint density at radius 1 is 1.41 bits per heavy atom. The molecule has 1 N–H and O–H groups in total. The molecule has 96 valence electrons. The van der Waals surface area contributed by atoms with E-state index in [2.05, 4.69) is 5.32 Å². The molecule has 2 aliphatic rings. The largest absolute Gasteiger partial charge is 0.465 e. The zero-order valence-corrected chi connectivity index (χ0v) is 10.5. The summed E-state index contributed by atoms with van der Waals surface area (Å²) in [6.45, 7) is 2.87. The molecule has 4 heteroatoms. The number of Topliss-reactive ketones (excluding diaryl/α,β-unsaturated/α-hetero) is 1. The summed E-state index contributed by atoms with van der Waals surface area (Å²) >= 11 is 0. The van der Waals surface area contributed by atoms with E-state index in [1.807, 2.05) is 0 Å². The number of hydrogen-bond acceptors (Lipinski definition) is 4. The lowest BCUT2D eigenvalue weighted by Gasteiger charge is -2.42. The van der Waals surface area contributed by atoms with E-state index < -0.39 is 11.5 Å². The summed E-state index contributed by atoms with van der Waals surface area (Å²) in [4.78, 5) is 24.2. The van der Waals surface area contributed by atoms with Gasteiger partial charge in [0, 0.05) is 0 Å². The molecule has 0 radical (unpaired) electrons. The Bertz CT molecular complexity index is 302. The Hall–Kier alpha value is -0.900. The van der Waals surface area contributed by atoms with Gasteiger partial charge in [0.25, 0.3) is 0 Å². The maximum absolute atomic E-state index is 12.5. The van der Waals surface area contributed by atoms with Gasteiger partial charge in [0.2, 0.25) is 0 Å². The van der Waals surface area contributed by atoms with Gasteiger partial charge in [0.15, 0.2) is 5.78 Å². The van der Waals surface area contributed by atoms with Crippen molar-refractivity contribution in [2.45, 2.75) is 51.0 Å². The molecule has 0 aromatic heterocycles. The fraction of sp³-hybridized carbons (Fsp3) is 0.846. The summed E-state index contributed by atoms with van der Waals surface area (Å²) in [7, 11) is 0. The van der Waals surface area contributed by atoms with Crippen molar-refractivity contribution in [2.24, 2.45) is 5.92 Å². The molecule has 2 fully saturated rings. The Morgan fingerprint density at radius 3 is 2.76 bits per heavy atom. The molecule has 1 aliphatic heterocycles. The van der Waals surface area contributed by atoms with Gasteiger partial charge < -0.3 is 10.1 Å². The molecule has 1 saturated carbocycles. The molecule has 1 atom stereocenters. The summed E-state index contributed by atoms with van der Waals surface area (Å²) in [6, 6.07) is 0. The van der Waals surface area contributed by atoms with Gasteiger partial charge in [-0.25, -0.2) is 0 Å². The zero-order valence-electron chi connectivity index (χ0n) is 10.5. The summed E-state index contributed by atoms with van der Waals surface area (Å²) < 4.78 is 5.00. The number of ketones is 1. The fourth-order valence-corrected chi connectivity index (χ4v) is 3.05. The molecule has 0 amide bonds. The molecule has 1 heterocycles. The monoisotopic (exact) mass is 239 g/mol. The molecule has 4 nitrogen and oxygen atoms in total. The van der Waals surface area contributed by atoms with Gasteiger partial charge in [0.05, 0.1) is 12.1 Å². The number of hydrogen-bond donors (Lipinski definition) is 1. The maximum atomic E-state index is 12.5. The summed E-state index contributed by atoms with van der Waals surface area (Å²) in [6.07, 6.45) is 5.69. The van der Waals surface area contributed by atoms with Gasteiger partial charge in [-0.2, -0.15) is 0 Å². The highest BCUT2D eigenvalue weighted by atomic mass is 16.5. The highest BCUT2D eigenvalue weighted by molar-refractivity contribution is 6.04. The molecule has 1 spiro atoms. The number of carbonyl (C=O) groups is 2. The van der Waals surface area contributed by atoms with E-state index in [1.54, 1.807) is 6.92 Å². The smallest absolute Gasteiger partial charge is 0.316 e. The molecule has 0 bridgehead atoms. The van der Waals surface area contributed by atoms with Crippen molar-refractivity contribution in [2.75, 3.05) is 13.2 Å². The van der Waals surface area contributed by atoms with Crippen LogP contribution < -0.4 is 5.32 Å². The Labute approximate surface area is 102 Å². The minimum atomic E-state index is -0.533. The van der Waals surface area contributed by atoms with Crippen LogP contribution in [0.5, 0.6) is 0 Å². The molecule has 17 heavy (non-hydrogen) atoms. The van der Waals surface area contributed by atoms with Crippen LogP contribution in [-0.2, 0) is 14.3 Å². The summed E-state index contributed by atoms with van der Waals surface area (Å²) in [5, 5.41) is 3.35. The van der Waals surface area contributed by atoms with E-state index in [4.69, 9.17) is 4.74 Å². The van der Waals surface area contributed by atoms with Gasteiger partial charge in [-0.15, -0.1) is 0 Å². The standard InChI is InChI=1S/C13H21NO3/c1-2-17-12(16)10-6-9-14-13(11(10)15)7-4-3-5-8-13/h10,14H,2-9H2,1H3. The molecule has 0 aromatic carbocycles. The van der Waals surface area contributed by atoms with E-state index in [0.717, 1.165) is 32.2 Å². The van der Waals surface area contributed by atoms with Crippen molar-refractivity contribution in [3.63, 3.8) is 0 Å². The van der Waals surface area contributed by atoms with Crippen molar-refractivity contribution in [1.29, 1.82) is 0 Å². The number of nitrogens with one attached hydrogen (secondary N) is 1. The first kappa shape index (κ1) is 12.6. The first-order chi connectivity index (χ1) is 8.19. The lowest BCUT2D eigenvalue weighted by molar-refractivity contribution is -0.155. The first-order valence-corrected chi connectivity index (χ1v) is 6.65. The van der Waals surface area contributed by atoms with Gasteiger partial charge in [-0.05, 0) is 32.7 Å². The topological polar surface area (TPSA) is 55.4 Å². The average Bonchev–Trinajstić information content (AvgIpc) is 2.34. The first-order valence-electron chi connectivity index (χ1n) is 6.65. The van der Waals surface area contributed by atoms with Crippen LogP contribution in [0.25, 0.3) is 0 Å². The van der Waals surface area contributed by atoms with Gasteiger partial charge >= 0.3 is 5.97 Å². The van der Waals surface area contributed by atoms with Crippen LogP contribution in [0, 0.1) is 5.92 Å². The molecular weight excluding hydrogens is 218 g/mol. The molecule has 2 rings (SSSR count). The number of ether oxygens (including phenoxy) is 1. The third kappa shape index (κ3) is 2.37. The number of rotatable bonds is 2. The van der Waals surface area contributed by atoms with Gasteiger partial charge in [0.1, 0.15) is 5.92 Å². The normalized spacial score (nSPS) is 28.1. The van der Waals surface area contributed by atoms with E-state index in [0.29, 0.717) is 13.0 Å². The van der Waals surface area contributed by atoms with E-state index in [1.165, 1.54) is 6.42 Å². The van der Waals surface area contributed by atoms with Gasteiger partial charge in [-0.1, -0.05) is 19.3 Å². The lowest BCUT2D eigenvalue weighted by Crippen LogP contribution is -2.60. The lowest BCUT2D eigenvalue weighted by atomic mass is 9.72. The highest BCUT2D eigenvalue weighted by Crippen LogP contribution is 2.34. The number of carbonyl (C=O) groups excluding carboxylic acids is 2. The van der Waals surface area contributed by atoms with Crippen LogP contribution in [-0.4, -0.2) is 30.4 Å². The van der Waals surface area contributed by atoms with Gasteiger partial charge in [-0.3, -0.25) is 9.59 Å². The van der Waals surface area contributed by atoms with E-state index >= 15 is 0 Å². The molecule has 1 aliphatic carbocycles. The average molecular weight is 239 g/mol. The SMILES string of the molecule is CCOC(=O)C1CCNC2(CCCCC2)C1=O. The van der Waals surface area contributed by atoms with Crippen molar-refractivity contribution >= 4 is 11.8 Å². The quantitative estimate of drug-likeness (QED) is 0.585. The third-order valence-electron chi connectivity index (χ3n) is 3.96. The van der Waals surface area contributed by atoms with Crippen LogP contribution in [0.4, 0.5) is 0 Å². The van der Waals surface area contributed by atoms with Crippen molar-refractivity contribution in [3.8, 4) is 0 Å². The number of esters is 1. The second-order valence-electron chi connectivity index (χ2n) is 5.03. The van der Waals surface area contributed by atoms with Crippen molar-refractivity contribution in [1.82, 2.24) is 5.32 Å². The third-order valence-corrected chi connectivity index (χ3v) is 3.96. The minimum absolute atomic E-state index is 0.0712. The Kier molecular flexibility index (Phi) is 3.82. The van der Waals surface area contributed by atoms with Crippen LogP contribution in [0.15, 0.2) is 0 Å². The van der Waals surface area contributed by atoms with Crippen molar-refractivity contribution in [3.05, 3.63) is 0 Å². The second-order valence-corrected chi connectivity index (χ2v) is 5.03. The summed E-state index contributed by atoms with van der Waals surface area (Å²) in [5.41, 5.74) is -0.423. The predicted octanol–water partition coefficient (Wildman–Crippen LogP) is 1.43. The Morgan fingerprint density at radius 2 is 2.12 bits per heavy atom. The second kappa shape index (κ2) is 5.17. The molecule has 0 aromatic rings. The highest BCUT2D eigenvalue weighted by Gasteiger charge is 2.47. The zero-order chi connectivity index (χ0) is 12.3. The molecular formula is C13H21NO3. The van der Waals surface area contributed by atoms with Crippen LogP contribution in [0.2, 0.25) is 0 Å². The van der Waals surface area contributed by atoms with E-state index in [9.17, 15) is 9.59 Å². The Balaban J connectivity index is 2.10. The summed E-state index contributed by atoms with van der Waals surface area (Å²) in [5.74, 6) is -0.792. The van der Waals surface area contributed by atoms with Crippen LogP contribution >= 0.6 is 0 Å². The minimum Gasteiger partial charge on any atom is -0.465 e. The van der Waals surface area contributed by atoms with E-state index in [-0.39, 0.29) is 11.8 Å². The van der Waals surface area contributed by atoms with Crippen LogP contribution in [0.3, 0.4) is 0 Å². The van der Waals surface area contributed by atoms with Crippen LogP contribution in [0.1, 0.15) is 45.4 Å². The fourth-order valence-electron chi connectivity index (χ4n) is 3.05. The van der Waals surface area contributed by atoms with Crippen molar-refractivity contribution < 1.29 is 14.3 Å².